The van der Waals surface area contributed by atoms with Crippen LogP contribution in [-0.2, 0) is 0 Å². The van der Waals surface area contributed by atoms with Gasteiger partial charge in [0.25, 0.3) is 0 Å². The van der Waals surface area contributed by atoms with Crippen LogP contribution in [0.4, 0.5) is 0 Å². The monoisotopic (exact) mass is 621 g/mol. The Kier molecular flexibility index (Phi) is 6.19. The third kappa shape index (κ3) is 4.34. The third-order valence-electron chi connectivity index (χ3n) is 10.1. The number of hydrogen-bond donors (Lipinski definition) is 0. The SMILES string of the molecule is C1=CC(c2nc(C3=C4C=CCCC4C(c4cccc5oc6ccccc6c45)C=C3)nc(-c3ccc4oc5ccccc5c4c3)n2)=CCC1. The molecular formula is C43H31N3O2. The van der Waals surface area contributed by atoms with Gasteiger partial charge in [0.15, 0.2) is 17.5 Å². The van der Waals surface area contributed by atoms with Gasteiger partial charge in [-0.1, -0.05) is 91.1 Å². The number of hydrogen-bond acceptors (Lipinski definition) is 5. The summed E-state index contributed by atoms with van der Waals surface area (Å²) in [6, 6.07) is 29.2. The molecule has 0 spiro atoms. The van der Waals surface area contributed by atoms with E-state index in [4.69, 9.17) is 23.8 Å². The van der Waals surface area contributed by atoms with Gasteiger partial charge in [-0.15, -0.1) is 0 Å². The fourth-order valence-electron chi connectivity index (χ4n) is 7.86. The van der Waals surface area contributed by atoms with E-state index in [1.54, 1.807) is 0 Å². The van der Waals surface area contributed by atoms with E-state index in [-0.39, 0.29) is 5.92 Å². The summed E-state index contributed by atoms with van der Waals surface area (Å²) in [5, 5.41) is 4.52. The summed E-state index contributed by atoms with van der Waals surface area (Å²) in [7, 11) is 0. The maximum absolute atomic E-state index is 6.29. The van der Waals surface area contributed by atoms with Crippen LogP contribution in [0.15, 0.2) is 142 Å². The third-order valence-corrected chi connectivity index (χ3v) is 10.1. The van der Waals surface area contributed by atoms with Gasteiger partial charge in [-0.2, -0.15) is 0 Å². The van der Waals surface area contributed by atoms with E-state index in [9.17, 15) is 0 Å². The van der Waals surface area contributed by atoms with Crippen LogP contribution in [0.3, 0.4) is 0 Å². The molecule has 3 heterocycles. The Hall–Kier alpha value is -5.81. The van der Waals surface area contributed by atoms with Crippen molar-refractivity contribution in [3.63, 3.8) is 0 Å². The highest BCUT2D eigenvalue weighted by Crippen LogP contribution is 2.47. The summed E-state index contributed by atoms with van der Waals surface area (Å²) in [4.78, 5) is 15.4. The van der Waals surface area contributed by atoms with Crippen molar-refractivity contribution in [2.45, 2.75) is 31.6 Å². The van der Waals surface area contributed by atoms with Crippen LogP contribution in [-0.4, -0.2) is 15.0 Å². The van der Waals surface area contributed by atoms with E-state index in [2.05, 4.69) is 97.1 Å². The molecule has 0 saturated heterocycles. The highest BCUT2D eigenvalue weighted by atomic mass is 16.3. The second-order valence-electron chi connectivity index (χ2n) is 12.9. The molecule has 4 aromatic carbocycles. The van der Waals surface area contributed by atoms with E-state index in [0.29, 0.717) is 23.4 Å². The van der Waals surface area contributed by atoms with Crippen molar-refractivity contribution in [1.82, 2.24) is 15.0 Å². The van der Waals surface area contributed by atoms with Crippen LogP contribution in [0, 0.1) is 5.92 Å². The van der Waals surface area contributed by atoms with E-state index in [1.165, 1.54) is 21.9 Å². The topological polar surface area (TPSA) is 65.0 Å². The molecular weight excluding hydrogens is 590 g/mol. The predicted molar refractivity (Wildman–Crippen MR) is 193 cm³/mol. The molecule has 10 rings (SSSR count). The Balaban J connectivity index is 1.13. The summed E-state index contributed by atoms with van der Waals surface area (Å²) >= 11 is 0. The Labute approximate surface area is 277 Å². The molecule has 0 bridgehead atoms. The smallest absolute Gasteiger partial charge is 0.164 e. The van der Waals surface area contributed by atoms with Crippen molar-refractivity contribution in [2.24, 2.45) is 5.92 Å². The number of nitrogens with zero attached hydrogens (tertiary/aromatic N) is 3. The van der Waals surface area contributed by atoms with Crippen molar-refractivity contribution in [2.75, 3.05) is 0 Å². The van der Waals surface area contributed by atoms with Gasteiger partial charge in [-0.3, -0.25) is 0 Å². The average Bonchev–Trinajstić information content (AvgIpc) is 3.73. The van der Waals surface area contributed by atoms with Gasteiger partial charge in [-0.05, 0) is 79.1 Å². The van der Waals surface area contributed by atoms with Crippen molar-refractivity contribution in [3.8, 4) is 11.4 Å². The van der Waals surface area contributed by atoms with E-state index >= 15 is 0 Å². The lowest BCUT2D eigenvalue weighted by Gasteiger charge is -2.33. The quantitative estimate of drug-likeness (QED) is 0.196. The number of allylic oxidation sites excluding steroid dienone is 10. The fourth-order valence-corrected chi connectivity index (χ4v) is 7.86. The molecule has 2 atom stereocenters. The zero-order valence-electron chi connectivity index (χ0n) is 26.3. The maximum Gasteiger partial charge on any atom is 0.164 e. The normalized spacial score (nSPS) is 19.1. The summed E-state index contributed by atoms with van der Waals surface area (Å²) in [6.07, 6.45) is 19.9. The molecule has 48 heavy (non-hydrogen) atoms. The van der Waals surface area contributed by atoms with Crippen molar-refractivity contribution in [3.05, 3.63) is 150 Å². The zero-order chi connectivity index (χ0) is 31.6. The van der Waals surface area contributed by atoms with E-state index in [0.717, 1.165) is 75.5 Å². The van der Waals surface area contributed by atoms with Crippen LogP contribution in [0.25, 0.3) is 66.4 Å². The van der Waals surface area contributed by atoms with Crippen molar-refractivity contribution >= 4 is 55.0 Å². The molecule has 0 saturated carbocycles. The van der Waals surface area contributed by atoms with Gasteiger partial charge in [0.1, 0.15) is 22.3 Å². The summed E-state index contributed by atoms with van der Waals surface area (Å²) in [6.45, 7) is 0. The second kappa shape index (κ2) is 10.9. The van der Waals surface area contributed by atoms with Crippen LogP contribution < -0.4 is 0 Å². The molecule has 2 unspecified atom stereocenters. The molecule has 0 aliphatic heterocycles. The lowest BCUT2D eigenvalue weighted by molar-refractivity contribution is 0.510. The zero-order valence-corrected chi connectivity index (χ0v) is 26.3. The van der Waals surface area contributed by atoms with Crippen LogP contribution in [0.5, 0.6) is 0 Å². The van der Waals surface area contributed by atoms with E-state index < -0.39 is 0 Å². The highest BCUT2D eigenvalue weighted by molar-refractivity contribution is 6.07. The summed E-state index contributed by atoms with van der Waals surface area (Å²) in [5.41, 5.74) is 9.24. The Morgan fingerprint density at radius 1 is 0.583 bits per heavy atom. The van der Waals surface area contributed by atoms with E-state index in [1.807, 2.05) is 30.3 Å². The highest BCUT2D eigenvalue weighted by Gasteiger charge is 2.33. The molecule has 0 N–H and O–H groups in total. The van der Waals surface area contributed by atoms with Gasteiger partial charge in [0.05, 0.1) is 0 Å². The number of aromatic nitrogens is 3. The number of benzene rings is 4. The lowest BCUT2D eigenvalue weighted by atomic mass is 9.71. The Bertz CT molecular complexity index is 2590. The average molecular weight is 622 g/mol. The first-order valence-corrected chi connectivity index (χ1v) is 16.8. The lowest BCUT2D eigenvalue weighted by Crippen LogP contribution is -2.20. The number of fused-ring (bicyclic) bond motifs is 7. The van der Waals surface area contributed by atoms with Gasteiger partial charge < -0.3 is 8.83 Å². The largest absolute Gasteiger partial charge is 0.456 e. The summed E-state index contributed by atoms with van der Waals surface area (Å²) in [5.74, 6) is 2.58. The first kappa shape index (κ1) is 27.3. The van der Waals surface area contributed by atoms with Gasteiger partial charge in [0, 0.05) is 44.2 Å². The molecule has 3 aliphatic rings. The first-order valence-electron chi connectivity index (χ1n) is 16.8. The Morgan fingerprint density at radius 3 is 2.23 bits per heavy atom. The fraction of sp³-hybridized carbons (Fsp3) is 0.140. The van der Waals surface area contributed by atoms with Gasteiger partial charge in [-0.25, -0.2) is 15.0 Å². The molecule has 5 nitrogen and oxygen atoms in total. The van der Waals surface area contributed by atoms with Gasteiger partial charge >= 0.3 is 0 Å². The van der Waals surface area contributed by atoms with Crippen molar-refractivity contribution < 1.29 is 8.83 Å². The number of rotatable bonds is 4. The molecule has 7 aromatic rings. The number of para-hydroxylation sites is 2. The van der Waals surface area contributed by atoms with Crippen LogP contribution >= 0.6 is 0 Å². The van der Waals surface area contributed by atoms with Crippen LogP contribution in [0.1, 0.15) is 48.8 Å². The molecule has 3 aromatic heterocycles. The molecule has 0 radical (unpaired) electrons. The predicted octanol–water partition coefficient (Wildman–Crippen LogP) is 11.1. The molecule has 0 fully saturated rings. The second-order valence-corrected chi connectivity index (χ2v) is 12.9. The molecule has 5 heteroatoms. The molecule has 3 aliphatic carbocycles. The minimum absolute atomic E-state index is 0.208. The molecule has 230 valence electrons. The minimum atomic E-state index is 0.208. The minimum Gasteiger partial charge on any atom is -0.456 e. The Morgan fingerprint density at radius 2 is 1.33 bits per heavy atom. The standard InChI is InChI=1S/C43H31N3O2/c1-2-11-26(12-3-1)41-44-42(27-21-24-38-35(25-27)31-15-6-8-18-36(31)47-38)46-43(45-41)33-23-22-30(28-13-4-5-14-29(28)33)32-17-10-20-39-40(32)34-16-7-9-19-37(34)48-39/h2,5-12,14-25,28,30H,1,3-4,13H2. The number of furan rings is 2. The van der Waals surface area contributed by atoms with Crippen LogP contribution in [0.2, 0.25) is 0 Å². The maximum atomic E-state index is 6.29. The van der Waals surface area contributed by atoms with Crippen molar-refractivity contribution in [1.29, 1.82) is 0 Å². The first-order chi connectivity index (χ1) is 23.8. The van der Waals surface area contributed by atoms with Gasteiger partial charge in [0.2, 0.25) is 0 Å². The summed E-state index contributed by atoms with van der Waals surface area (Å²) < 4.78 is 12.4. The molecule has 0 amide bonds.